The molecule has 0 bridgehead atoms. The van der Waals surface area contributed by atoms with Crippen molar-refractivity contribution in [3.63, 3.8) is 0 Å². The van der Waals surface area contributed by atoms with E-state index in [-0.39, 0.29) is 0 Å². The van der Waals surface area contributed by atoms with Crippen LogP contribution in [0.3, 0.4) is 0 Å². The van der Waals surface area contributed by atoms with Crippen LogP contribution in [0.4, 0.5) is 0 Å². The first-order chi connectivity index (χ1) is 4.33. The Hall–Kier alpha value is -0.640. The van der Waals surface area contributed by atoms with Crippen LogP contribution >= 0.6 is 0 Å². The molecule has 1 rings (SSSR count). The molecule has 1 N–H and O–H groups in total. The van der Waals surface area contributed by atoms with E-state index in [4.69, 9.17) is 0 Å². The average Bonchev–Trinajstić information content (AvgIpc) is 2.17. The van der Waals surface area contributed by atoms with E-state index in [9.17, 15) is 4.21 Å². The molecule has 0 aliphatic carbocycles. The van der Waals surface area contributed by atoms with Crippen LogP contribution in [0, 0.1) is 0 Å². The van der Waals surface area contributed by atoms with Crippen LogP contribution in [0.2, 0.25) is 0 Å². The third kappa shape index (κ3) is 1.64. The molecule has 0 aromatic heterocycles. The summed E-state index contributed by atoms with van der Waals surface area (Å²) in [5, 5.41) is 4.50. The number of nitrogens with zero attached hydrogens (tertiary/aromatic N) is 1. The minimum absolute atomic E-state index is 0.718. The monoisotopic (exact) mass is 144 g/mol. The van der Waals surface area contributed by atoms with Gasteiger partial charge in [0, 0.05) is 12.0 Å². The summed E-state index contributed by atoms with van der Waals surface area (Å²) in [5.74, 6) is 0.718. The maximum absolute atomic E-state index is 10.5. The van der Waals surface area contributed by atoms with Gasteiger partial charge < -0.3 is 5.32 Å². The van der Waals surface area contributed by atoms with Crippen molar-refractivity contribution in [1.82, 2.24) is 5.32 Å². The molecule has 0 fully saturated rings. The number of rotatable bonds is 1. The first-order valence-electron chi connectivity index (χ1n) is 2.74. The van der Waals surface area contributed by atoms with E-state index in [1.807, 2.05) is 6.92 Å². The van der Waals surface area contributed by atoms with Gasteiger partial charge in [-0.25, -0.2) is 4.21 Å². The summed E-state index contributed by atoms with van der Waals surface area (Å²) in [4.78, 5) is 0. The van der Waals surface area contributed by atoms with Crippen LogP contribution in [0.5, 0.6) is 0 Å². The Morgan fingerprint density at radius 3 is 3.11 bits per heavy atom. The van der Waals surface area contributed by atoms with Crippen LogP contribution in [-0.2, 0) is 11.0 Å². The zero-order chi connectivity index (χ0) is 6.69. The van der Waals surface area contributed by atoms with E-state index >= 15 is 0 Å². The van der Waals surface area contributed by atoms with Crippen molar-refractivity contribution in [3.05, 3.63) is 11.5 Å². The third-order valence-electron chi connectivity index (χ3n) is 0.889. The maximum Gasteiger partial charge on any atom is 0.167 e. The number of nitrogens with one attached hydrogen (secondary N) is 1. The zero-order valence-electron chi connectivity index (χ0n) is 5.13. The first kappa shape index (κ1) is 6.48. The normalized spacial score (nSPS) is 24.1. The number of hydrogen-bond acceptors (Lipinski definition) is 2. The van der Waals surface area contributed by atoms with Crippen molar-refractivity contribution in [2.24, 2.45) is 4.40 Å². The molecule has 3 nitrogen and oxygen atoms in total. The van der Waals surface area contributed by atoms with Gasteiger partial charge in [-0.1, -0.05) is 0 Å². The topological polar surface area (TPSA) is 41.5 Å². The standard InChI is InChI=1S/C5H8N2OS/c1-2-6-5-3-4-9(8)7-5/h3-4H,2H2,1H3,(H,6,7). The summed E-state index contributed by atoms with van der Waals surface area (Å²) in [6, 6.07) is 0. The molecule has 1 aliphatic rings. The summed E-state index contributed by atoms with van der Waals surface area (Å²) >= 11 is 0. The van der Waals surface area contributed by atoms with Gasteiger partial charge in [0.15, 0.2) is 11.0 Å². The molecule has 0 radical (unpaired) electrons. The second-order valence-corrected chi connectivity index (χ2v) is 2.59. The van der Waals surface area contributed by atoms with Crippen LogP contribution in [0.15, 0.2) is 15.9 Å². The molecule has 0 amide bonds. The van der Waals surface area contributed by atoms with E-state index in [1.54, 1.807) is 11.5 Å². The highest BCUT2D eigenvalue weighted by atomic mass is 32.2. The fraction of sp³-hybridized carbons (Fsp3) is 0.400. The van der Waals surface area contributed by atoms with Gasteiger partial charge in [0.25, 0.3) is 0 Å². The Labute approximate surface area is 56.5 Å². The minimum Gasteiger partial charge on any atom is -0.370 e. The Morgan fingerprint density at radius 1 is 1.89 bits per heavy atom. The lowest BCUT2D eigenvalue weighted by atomic mass is 10.5. The Kier molecular flexibility index (Phi) is 2.00. The fourth-order valence-corrected chi connectivity index (χ4v) is 1.18. The highest BCUT2D eigenvalue weighted by Gasteiger charge is 2.01. The predicted molar refractivity (Wildman–Crippen MR) is 38.4 cm³/mol. The molecule has 1 heterocycles. The van der Waals surface area contributed by atoms with Gasteiger partial charge >= 0.3 is 0 Å². The molecule has 0 saturated carbocycles. The average molecular weight is 144 g/mol. The largest absolute Gasteiger partial charge is 0.370 e. The Morgan fingerprint density at radius 2 is 2.67 bits per heavy atom. The molecule has 9 heavy (non-hydrogen) atoms. The SMILES string of the molecule is CCNC1=NS(=O)C=C1. The molecular weight excluding hydrogens is 136 g/mol. The Bertz CT molecular complexity index is 185. The van der Waals surface area contributed by atoms with Gasteiger partial charge in [0.2, 0.25) is 0 Å². The minimum atomic E-state index is -1.11. The molecule has 0 spiro atoms. The number of hydrogen-bond donors (Lipinski definition) is 1. The van der Waals surface area contributed by atoms with Crippen molar-refractivity contribution >= 4 is 16.8 Å². The van der Waals surface area contributed by atoms with Gasteiger partial charge in [-0.15, -0.1) is 0 Å². The summed E-state index contributed by atoms with van der Waals surface area (Å²) in [5.41, 5.74) is 0. The number of amidine groups is 1. The zero-order valence-corrected chi connectivity index (χ0v) is 5.94. The third-order valence-corrected chi connectivity index (χ3v) is 1.63. The lowest BCUT2D eigenvalue weighted by Gasteiger charge is -1.94. The van der Waals surface area contributed by atoms with Crippen molar-refractivity contribution < 1.29 is 4.21 Å². The second kappa shape index (κ2) is 2.77. The summed E-state index contributed by atoms with van der Waals surface area (Å²) in [6.07, 6.45) is 1.72. The van der Waals surface area contributed by atoms with E-state index in [2.05, 4.69) is 9.71 Å². The van der Waals surface area contributed by atoms with Crippen LogP contribution < -0.4 is 5.32 Å². The molecular formula is C5H8N2OS. The van der Waals surface area contributed by atoms with Gasteiger partial charge in [-0.05, 0) is 13.0 Å². The molecule has 50 valence electrons. The fourth-order valence-electron chi connectivity index (χ4n) is 0.553. The van der Waals surface area contributed by atoms with Crippen LogP contribution in [0.25, 0.3) is 0 Å². The molecule has 0 saturated heterocycles. The van der Waals surface area contributed by atoms with Crippen LogP contribution in [0.1, 0.15) is 6.92 Å². The van der Waals surface area contributed by atoms with E-state index in [0.29, 0.717) is 0 Å². The quantitative estimate of drug-likeness (QED) is 0.570. The van der Waals surface area contributed by atoms with Gasteiger partial charge in [0.1, 0.15) is 5.84 Å². The van der Waals surface area contributed by atoms with E-state index in [0.717, 1.165) is 12.4 Å². The molecule has 1 aliphatic heterocycles. The molecule has 4 heteroatoms. The molecule has 0 aromatic rings. The smallest absolute Gasteiger partial charge is 0.167 e. The van der Waals surface area contributed by atoms with Crippen molar-refractivity contribution in [1.29, 1.82) is 0 Å². The number of likely N-dealkylation sites (N-methyl/N-ethyl adjacent to an activating group) is 1. The maximum atomic E-state index is 10.5. The molecule has 0 aromatic carbocycles. The first-order valence-corrected chi connectivity index (χ1v) is 3.91. The highest BCUT2D eigenvalue weighted by molar-refractivity contribution is 7.87. The molecule has 1 unspecified atom stereocenters. The lowest BCUT2D eigenvalue weighted by Crippen LogP contribution is -2.18. The van der Waals surface area contributed by atoms with Gasteiger partial charge in [-0.3, -0.25) is 0 Å². The van der Waals surface area contributed by atoms with Crippen molar-refractivity contribution in [2.45, 2.75) is 6.92 Å². The van der Waals surface area contributed by atoms with E-state index < -0.39 is 11.0 Å². The van der Waals surface area contributed by atoms with E-state index in [1.165, 1.54) is 0 Å². The van der Waals surface area contributed by atoms with Crippen LogP contribution in [-0.4, -0.2) is 16.6 Å². The Balaban J connectivity index is 2.53. The summed E-state index contributed by atoms with van der Waals surface area (Å²) < 4.78 is 14.3. The van der Waals surface area contributed by atoms with Crippen molar-refractivity contribution in [3.8, 4) is 0 Å². The summed E-state index contributed by atoms with van der Waals surface area (Å²) in [6.45, 7) is 2.79. The highest BCUT2D eigenvalue weighted by Crippen LogP contribution is 1.96. The molecule has 1 atom stereocenters. The second-order valence-electron chi connectivity index (χ2n) is 1.59. The van der Waals surface area contributed by atoms with Gasteiger partial charge in [0.05, 0.1) is 0 Å². The van der Waals surface area contributed by atoms with Gasteiger partial charge in [-0.2, -0.15) is 4.40 Å². The predicted octanol–water partition coefficient (Wildman–Crippen LogP) is 0.185. The summed E-state index contributed by atoms with van der Waals surface area (Å²) in [7, 11) is -1.11. The van der Waals surface area contributed by atoms with Crippen molar-refractivity contribution in [2.75, 3.05) is 6.54 Å². The lowest BCUT2D eigenvalue weighted by molar-refractivity contribution is 0.690.